The van der Waals surface area contributed by atoms with Gasteiger partial charge in [-0.15, -0.1) is 0 Å². The molecule has 0 bridgehead atoms. The van der Waals surface area contributed by atoms with Crippen molar-refractivity contribution < 1.29 is 23.7 Å². The fourth-order valence-corrected chi connectivity index (χ4v) is 4.13. The van der Waals surface area contributed by atoms with Crippen LogP contribution in [0.3, 0.4) is 0 Å². The summed E-state index contributed by atoms with van der Waals surface area (Å²) in [7, 11) is 3.21. The average molecular weight is 468 g/mol. The molecule has 1 amide bonds. The molecule has 2 aliphatic heterocycles. The van der Waals surface area contributed by atoms with Gasteiger partial charge >= 0.3 is 0 Å². The molecule has 1 fully saturated rings. The Morgan fingerprint density at radius 2 is 1.76 bits per heavy atom. The number of ether oxygens (including phenoxy) is 4. The van der Waals surface area contributed by atoms with Gasteiger partial charge in [0.15, 0.2) is 11.5 Å². The fraction of sp³-hybridized carbons (Fsp3) is 0.462. The van der Waals surface area contributed by atoms with Crippen molar-refractivity contribution in [3.8, 4) is 17.2 Å². The topological polar surface area (TPSA) is 72.8 Å². The summed E-state index contributed by atoms with van der Waals surface area (Å²) < 4.78 is 21.9. The molecule has 0 unspecified atom stereocenters. The van der Waals surface area contributed by atoms with E-state index in [9.17, 15) is 4.79 Å². The van der Waals surface area contributed by atoms with E-state index in [0.717, 1.165) is 61.9 Å². The summed E-state index contributed by atoms with van der Waals surface area (Å²) in [4.78, 5) is 15.2. The maximum atomic E-state index is 12.8. The van der Waals surface area contributed by atoms with Crippen molar-refractivity contribution >= 4 is 11.6 Å². The zero-order valence-corrected chi connectivity index (χ0v) is 20.0. The van der Waals surface area contributed by atoms with Crippen LogP contribution in [-0.4, -0.2) is 81.7 Å². The molecule has 182 valence electrons. The smallest absolute Gasteiger partial charge is 0.247 e. The molecule has 2 aliphatic rings. The maximum Gasteiger partial charge on any atom is 0.247 e. The fourth-order valence-electron chi connectivity index (χ4n) is 4.13. The minimum atomic E-state index is -0.0188. The maximum absolute atomic E-state index is 12.8. The summed E-state index contributed by atoms with van der Waals surface area (Å²) in [6.45, 7) is 5.92. The summed E-state index contributed by atoms with van der Waals surface area (Å²) in [5.41, 5.74) is 2.75. The van der Waals surface area contributed by atoms with Crippen LogP contribution in [0.1, 0.15) is 24.0 Å². The van der Waals surface area contributed by atoms with Crippen LogP contribution in [0.5, 0.6) is 17.2 Å². The van der Waals surface area contributed by atoms with E-state index >= 15 is 0 Å². The van der Waals surface area contributed by atoms with Crippen molar-refractivity contribution in [2.45, 2.75) is 19.3 Å². The summed E-state index contributed by atoms with van der Waals surface area (Å²) in [6, 6.07) is 13.4. The van der Waals surface area contributed by atoms with E-state index in [1.54, 1.807) is 19.2 Å². The van der Waals surface area contributed by atoms with Crippen LogP contribution in [0.15, 0.2) is 47.6 Å². The highest BCUT2D eigenvalue weighted by atomic mass is 16.5. The Kier molecular flexibility index (Phi) is 8.38. The lowest BCUT2D eigenvalue weighted by atomic mass is 10.1. The highest BCUT2D eigenvalue weighted by molar-refractivity contribution is 6.03. The molecule has 2 aromatic rings. The number of benzene rings is 2. The van der Waals surface area contributed by atoms with Crippen LogP contribution < -0.4 is 14.2 Å². The molecule has 0 aromatic heterocycles. The first-order valence-corrected chi connectivity index (χ1v) is 11.8. The lowest BCUT2D eigenvalue weighted by molar-refractivity contribution is -0.130. The molecule has 2 aromatic carbocycles. The SMILES string of the molecule is COc1ccc(C2=NN(C(=O)Cc3ccc(OCCCN4CCOCC4)cc3)CC2)cc1OC. The first-order chi connectivity index (χ1) is 16.7. The van der Waals surface area contributed by atoms with E-state index in [-0.39, 0.29) is 5.91 Å². The van der Waals surface area contributed by atoms with Gasteiger partial charge in [-0.2, -0.15) is 5.10 Å². The predicted octanol–water partition coefficient (Wildman–Crippen LogP) is 2.98. The zero-order chi connectivity index (χ0) is 23.8. The Labute approximate surface area is 201 Å². The Morgan fingerprint density at radius 3 is 2.50 bits per heavy atom. The van der Waals surface area contributed by atoms with Crippen LogP contribution in [0, 0.1) is 0 Å². The Bertz CT molecular complexity index is 986. The third-order valence-electron chi connectivity index (χ3n) is 6.08. The predicted molar refractivity (Wildman–Crippen MR) is 130 cm³/mol. The average Bonchev–Trinajstić information content (AvgIpc) is 3.38. The molecule has 8 nitrogen and oxygen atoms in total. The molecule has 4 rings (SSSR count). The number of amides is 1. The summed E-state index contributed by atoms with van der Waals surface area (Å²) >= 11 is 0. The molecule has 0 radical (unpaired) electrons. The number of rotatable bonds is 10. The van der Waals surface area contributed by atoms with Crippen molar-refractivity contribution in [3.05, 3.63) is 53.6 Å². The van der Waals surface area contributed by atoms with E-state index in [4.69, 9.17) is 18.9 Å². The van der Waals surface area contributed by atoms with E-state index < -0.39 is 0 Å². The molecule has 34 heavy (non-hydrogen) atoms. The third kappa shape index (κ3) is 6.27. The van der Waals surface area contributed by atoms with Crippen LogP contribution in [0.2, 0.25) is 0 Å². The Balaban J connectivity index is 1.25. The van der Waals surface area contributed by atoms with Crippen LogP contribution in [0.25, 0.3) is 0 Å². The summed E-state index contributed by atoms with van der Waals surface area (Å²) in [5.74, 6) is 2.13. The van der Waals surface area contributed by atoms with Gasteiger partial charge in [0.25, 0.3) is 0 Å². The Hall–Kier alpha value is -3.10. The van der Waals surface area contributed by atoms with Gasteiger partial charge in [0, 0.05) is 31.6 Å². The van der Waals surface area contributed by atoms with E-state index in [2.05, 4.69) is 10.0 Å². The number of hydrogen-bond donors (Lipinski definition) is 0. The van der Waals surface area contributed by atoms with Crippen molar-refractivity contribution in [1.29, 1.82) is 0 Å². The summed E-state index contributed by atoms with van der Waals surface area (Å²) in [5, 5.41) is 6.12. The van der Waals surface area contributed by atoms with Gasteiger partial charge in [-0.05, 0) is 42.3 Å². The molecule has 0 N–H and O–H groups in total. The van der Waals surface area contributed by atoms with Gasteiger partial charge in [-0.25, -0.2) is 5.01 Å². The lowest BCUT2D eigenvalue weighted by Gasteiger charge is -2.26. The van der Waals surface area contributed by atoms with E-state index in [1.165, 1.54) is 0 Å². The van der Waals surface area contributed by atoms with Crippen LogP contribution in [0.4, 0.5) is 0 Å². The summed E-state index contributed by atoms with van der Waals surface area (Å²) in [6.07, 6.45) is 1.99. The molecule has 2 heterocycles. The number of hydrogen-bond acceptors (Lipinski definition) is 7. The minimum Gasteiger partial charge on any atom is -0.494 e. The third-order valence-corrected chi connectivity index (χ3v) is 6.08. The Morgan fingerprint density at radius 1 is 1.00 bits per heavy atom. The molecular formula is C26H33N3O5. The number of hydrazone groups is 1. The van der Waals surface area contributed by atoms with Crippen molar-refractivity contribution in [2.75, 3.05) is 60.2 Å². The molecule has 0 spiro atoms. The normalized spacial score (nSPS) is 16.3. The van der Waals surface area contributed by atoms with Gasteiger partial charge in [0.05, 0.1) is 52.7 Å². The molecule has 0 aliphatic carbocycles. The second-order valence-corrected chi connectivity index (χ2v) is 8.36. The molecule has 0 saturated carbocycles. The first kappa shape index (κ1) is 24.0. The first-order valence-electron chi connectivity index (χ1n) is 11.8. The van der Waals surface area contributed by atoms with Gasteiger partial charge in [0.2, 0.25) is 5.91 Å². The number of carbonyl (C=O) groups excluding carboxylic acids is 1. The highest BCUT2D eigenvalue weighted by Gasteiger charge is 2.22. The second kappa shape index (κ2) is 11.9. The zero-order valence-electron chi connectivity index (χ0n) is 20.0. The lowest BCUT2D eigenvalue weighted by Crippen LogP contribution is -2.37. The standard InChI is InChI=1S/C26H33N3O5/c1-31-24-9-6-21(19-25(24)32-2)23-10-12-29(27-23)26(30)18-20-4-7-22(8-5-20)34-15-3-11-28-13-16-33-17-14-28/h4-9,19H,3,10-18H2,1-2H3. The quantitative estimate of drug-likeness (QED) is 0.501. The largest absolute Gasteiger partial charge is 0.494 e. The van der Waals surface area contributed by atoms with Crippen molar-refractivity contribution in [3.63, 3.8) is 0 Å². The van der Waals surface area contributed by atoms with Crippen LogP contribution >= 0.6 is 0 Å². The van der Waals surface area contributed by atoms with Gasteiger partial charge in [0.1, 0.15) is 5.75 Å². The van der Waals surface area contributed by atoms with Crippen molar-refractivity contribution in [2.24, 2.45) is 5.10 Å². The van der Waals surface area contributed by atoms with Crippen LogP contribution in [-0.2, 0) is 16.0 Å². The van der Waals surface area contributed by atoms with Gasteiger partial charge in [-0.3, -0.25) is 9.69 Å². The number of nitrogens with zero attached hydrogens (tertiary/aromatic N) is 3. The molecular weight excluding hydrogens is 434 g/mol. The van der Waals surface area contributed by atoms with Gasteiger partial charge < -0.3 is 18.9 Å². The molecule has 8 heteroatoms. The monoisotopic (exact) mass is 467 g/mol. The van der Waals surface area contributed by atoms with E-state index in [0.29, 0.717) is 37.5 Å². The number of morpholine rings is 1. The highest BCUT2D eigenvalue weighted by Crippen LogP contribution is 2.29. The molecule has 0 atom stereocenters. The number of methoxy groups -OCH3 is 2. The minimum absolute atomic E-state index is 0.0188. The van der Waals surface area contributed by atoms with Gasteiger partial charge in [-0.1, -0.05) is 12.1 Å². The molecule has 1 saturated heterocycles. The second-order valence-electron chi connectivity index (χ2n) is 8.36. The van der Waals surface area contributed by atoms with Crippen molar-refractivity contribution in [1.82, 2.24) is 9.91 Å². The number of carbonyl (C=O) groups is 1. The van der Waals surface area contributed by atoms with E-state index in [1.807, 2.05) is 42.5 Å².